The van der Waals surface area contributed by atoms with Crippen LogP contribution in [0.2, 0.25) is 0 Å². The van der Waals surface area contributed by atoms with E-state index in [1.165, 1.54) is 12.5 Å². The van der Waals surface area contributed by atoms with Crippen molar-refractivity contribution in [3.05, 3.63) is 24.2 Å². The van der Waals surface area contributed by atoms with Gasteiger partial charge in [0.1, 0.15) is 6.26 Å². The fourth-order valence-electron chi connectivity index (χ4n) is 0.939. The van der Waals surface area contributed by atoms with Crippen molar-refractivity contribution in [2.75, 3.05) is 6.61 Å². The van der Waals surface area contributed by atoms with Gasteiger partial charge in [0.15, 0.2) is 0 Å². The van der Waals surface area contributed by atoms with Gasteiger partial charge in [0.2, 0.25) is 0 Å². The Balaban J connectivity index is 2.50. The summed E-state index contributed by atoms with van der Waals surface area (Å²) in [5.74, 6) is -0.213. The smallest absolute Gasteiger partial charge is 0.254 e. The largest absolute Gasteiger partial charge is 0.472 e. The van der Waals surface area contributed by atoms with Crippen LogP contribution in [0.15, 0.2) is 23.0 Å². The Morgan fingerprint density at radius 2 is 2.54 bits per heavy atom. The molecule has 0 saturated heterocycles. The highest BCUT2D eigenvalue weighted by molar-refractivity contribution is 5.93. The van der Waals surface area contributed by atoms with E-state index in [-0.39, 0.29) is 18.6 Å². The van der Waals surface area contributed by atoms with Crippen molar-refractivity contribution in [2.45, 2.75) is 19.4 Å². The summed E-state index contributed by atoms with van der Waals surface area (Å²) in [5.41, 5.74) is 0.479. The SMILES string of the molecule is CC[C@H](CO)NC(=O)c1ccoc1. The molecule has 0 fully saturated rings. The van der Waals surface area contributed by atoms with E-state index in [4.69, 9.17) is 9.52 Å². The van der Waals surface area contributed by atoms with Gasteiger partial charge < -0.3 is 14.8 Å². The van der Waals surface area contributed by atoms with E-state index in [1.54, 1.807) is 6.07 Å². The van der Waals surface area contributed by atoms with Gasteiger partial charge in [-0.1, -0.05) is 6.92 Å². The summed E-state index contributed by atoms with van der Waals surface area (Å²) in [7, 11) is 0. The van der Waals surface area contributed by atoms with Crippen LogP contribution in [-0.4, -0.2) is 23.7 Å². The molecule has 13 heavy (non-hydrogen) atoms. The van der Waals surface area contributed by atoms with E-state index in [2.05, 4.69) is 5.32 Å². The fraction of sp³-hybridized carbons (Fsp3) is 0.444. The van der Waals surface area contributed by atoms with Gasteiger partial charge in [-0.3, -0.25) is 4.79 Å². The maximum Gasteiger partial charge on any atom is 0.254 e. The molecule has 1 aromatic heterocycles. The van der Waals surface area contributed by atoms with Gasteiger partial charge in [0, 0.05) is 0 Å². The molecule has 1 heterocycles. The number of furan rings is 1. The molecule has 4 nitrogen and oxygen atoms in total. The van der Waals surface area contributed by atoms with Gasteiger partial charge in [-0.2, -0.15) is 0 Å². The van der Waals surface area contributed by atoms with Crippen LogP contribution < -0.4 is 5.32 Å². The molecule has 0 spiro atoms. The van der Waals surface area contributed by atoms with Gasteiger partial charge in [-0.05, 0) is 12.5 Å². The third-order valence-corrected chi connectivity index (χ3v) is 1.83. The van der Waals surface area contributed by atoms with Crippen LogP contribution in [0.25, 0.3) is 0 Å². The summed E-state index contributed by atoms with van der Waals surface area (Å²) < 4.78 is 4.76. The standard InChI is InChI=1S/C9H13NO3/c1-2-8(5-11)10-9(12)7-3-4-13-6-7/h3-4,6,8,11H,2,5H2,1H3,(H,10,12)/t8-/m1/s1. The lowest BCUT2D eigenvalue weighted by atomic mass is 10.2. The number of hydrogen-bond donors (Lipinski definition) is 2. The monoisotopic (exact) mass is 183 g/mol. The number of carbonyl (C=O) groups excluding carboxylic acids is 1. The minimum absolute atomic E-state index is 0.0416. The number of amides is 1. The first-order valence-corrected chi connectivity index (χ1v) is 4.21. The van der Waals surface area contributed by atoms with Crippen LogP contribution in [0.1, 0.15) is 23.7 Å². The van der Waals surface area contributed by atoms with Gasteiger partial charge >= 0.3 is 0 Å². The summed E-state index contributed by atoms with van der Waals surface area (Å²) in [6.45, 7) is 1.86. The van der Waals surface area contributed by atoms with Gasteiger partial charge in [0.25, 0.3) is 5.91 Å². The molecule has 1 aromatic rings. The zero-order valence-electron chi connectivity index (χ0n) is 7.49. The molecule has 0 bridgehead atoms. The fourth-order valence-corrected chi connectivity index (χ4v) is 0.939. The molecular weight excluding hydrogens is 170 g/mol. The highest BCUT2D eigenvalue weighted by atomic mass is 16.3. The zero-order valence-corrected chi connectivity index (χ0v) is 7.49. The minimum atomic E-state index is -0.213. The van der Waals surface area contributed by atoms with Crippen molar-refractivity contribution < 1.29 is 14.3 Å². The average Bonchev–Trinajstić information content (AvgIpc) is 2.66. The first kappa shape index (κ1) is 9.80. The molecule has 1 amide bonds. The summed E-state index contributed by atoms with van der Waals surface area (Å²) >= 11 is 0. The molecule has 0 unspecified atom stereocenters. The number of hydrogen-bond acceptors (Lipinski definition) is 3. The summed E-state index contributed by atoms with van der Waals surface area (Å²) in [6, 6.07) is 1.40. The molecule has 0 aliphatic heterocycles. The highest BCUT2D eigenvalue weighted by Crippen LogP contribution is 2.00. The minimum Gasteiger partial charge on any atom is -0.472 e. The van der Waals surface area contributed by atoms with E-state index < -0.39 is 0 Å². The molecule has 1 atom stereocenters. The van der Waals surface area contributed by atoms with Crippen molar-refractivity contribution in [1.82, 2.24) is 5.32 Å². The maximum atomic E-state index is 11.4. The third kappa shape index (κ3) is 2.59. The number of aliphatic hydroxyl groups is 1. The van der Waals surface area contributed by atoms with Gasteiger partial charge in [-0.15, -0.1) is 0 Å². The maximum absolute atomic E-state index is 11.4. The number of nitrogens with one attached hydrogen (secondary N) is 1. The lowest BCUT2D eigenvalue weighted by Crippen LogP contribution is -2.36. The lowest BCUT2D eigenvalue weighted by Gasteiger charge is -2.12. The summed E-state index contributed by atoms with van der Waals surface area (Å²) in [6.07, 6.45) is 3.52. The second-order valence-corrected chi connectivity index (χ2v) is 2.77. The van der Waals surface area contributed by atoms with E-state index >= 15 is 0 Å². The Hall–Kier alpha value is -1.29. The van der Waals surface area contributed by atoms with Crippen LogP contribution in [0.3, 0.4) is 0 Å². The Morgan fingerprint density at radius 3 is 3.00 bits per heavy atom. The van der Waals surface area contributed by atoms with Gasteiger partial charge in [-0.25, -0.2) is 0 Å². The van der Waals surface area contributed by atoms with Crippen molar-refractivity contribution in [3.8, 4) is 0 Å². The molecule has 0 aliphatic rings. The first-order chi connectivity index (χ1) is 6.27. The number of carbonyl (C=O) groups is 1. The predicted octanol–water partition coefficient (Wildman–Crippen LogP) is 0.780. The second-order valence-electron chi connectivity index (χ2n) is 2.77. The Bertz CT molecular complexity index is 252. The summed E-state index contributed by atoms with van der Waals surface area (Å²) in [5, 5.41) is 11.5. The molecule has 0 radical (unpaired) electrons. The lowest BCUT2D eigenvalue weighted by molar-refractivity contribution is 0.0914. The Labute approximate surface area is 76.6 Å². The average molecular weight is 183 g/mol. The Kier molecular flexibility index (Phi) is 3.52. The summed E-state index contributed by atoms with van der Waals surface area (Å²) in [4.78, 5) is 11.4. The van der Waals surface area contributed by atoms with Crippen molar-refractivity contribution in [1.29, 1.82) is 0 Å². The molecule has 72 valence electrons. The molecule has 0 aliphatic carbocycles. The highest BCUT2D eigenvalue weighted by Gasteiger charge is 2.11. The second kappa shape index (κ2) is 4.67. The van der Waals surface area contributed by atoms with E-state index in [9.17, 15) is 4.79 Å². The third-order valence-electron chi connectivity index (χ3n) is 1.83. The predicted molar refractivity (Wildman–Crippen MR) is 47.3 cm³/mol. The van der Waals surface area contributed by atoms with Crippen LogP contribution in [0.5, 0.6) is 0 Å². The van der Waals surface area contributed by atoms with Crippen LogP contribution in [0, 0.1) is 0 Å². The van der Waals surface area contributed by atoms with Crippen molar-refractivity contribution >= 4 is 5.91 Å². The van der Waals surface area contributed by atoms with Gasteiger partial charge in [0.05, 0.1) is 24.5 Å². The molecule has 2 N–H and O–H groups in total. The zero-order chi connectivity index (χ0) is 9.68. The molecule has 4 heteroatoms. The normalized spacial score (nSPS) is 12.5. The van der Waals surface area contributed by atoms with Crippen molar-refractivity contribution in [2.24, 2.45) is 0 Å². The van der Waals surface area contributed by atoms with E-state index in [0.29, 0.717) is 12.0 Å². The quantitative estimate of drug-likeness (QED) is 0.725. The Morgan fingerprint density at radius 1 is 1.77 bits per heavy atom. The molecule has 0 saturated carbocycles. The number of aliphatic hydroxyl groups excluding tert-OH is 1. The van der Waals surface area contributed by atoms with Crippen LogP contribution in [-0.2, 0) is 0 Å². The van der Waals surface area contributed by atoms with Crippen LogP contribution in [0.4, 0.5) is 0 Å². The van der Waals surface area contributed by atoms with E-state index in [1.807, 2.05) is 6.92 Å². The molecule has 1 rings (SSSR count). The van der Waals surface area contributed by atoms with E-state index in [0.717, 1.165) is 0 Å². The molecule has 0 aromatic carbocycles. The topological polar surface area (TPSA) is 62.5 Å². The first-order valence-electron chi connectivity index (χ1n) is 4.21. The number of rotatable bonds is 4. The van der Waals surface area contributed by atoms with Crippen molar-refractivity contribution in [3.63, 3.8) is 0 Å². The molecular formula is C9H13NO3. The van der Waals surface area contributed by atoms with Crippen LogP contribution >= 0.6 is 0 Å².